The second-order valence-corrected chi connectivity index (χ2v) is 5.33. The highest BCUT2D eigenvalue weighted by Gasteiger charge is 2.36. The molecule has 2 amide bonds. The Labute approximate surface area is 123 Å². The molecule has 6 heteroatoms. The van der Waals surface area contributed by atoms with Gasteiger partial charge in [-0.3, -0.25) is 14.4 Å². The summed E-state index contributed by atoms with van der Waals surface area (Å²) >= 11 is 0. The fourth-order valence-corrected chi connectivity index (χ4v) is 2.44. The van der Waals surface area contributed by atoms with Gasteiger partial charge in [0.05, 0.1) is 5.92 Å². The topological polar surface area (TPSA) is 77.9 Å². The van der Waals surface area contributed by atoms with Crippen LogP contribution in [-0.2, 0) is 14.4 Å². The van der Waals surface area contributed by atoms with Crippen LogP contribution in [0.15, 0.2) is 24.3 Å². The van der Waals surface area contributed by atoms with Crippen LogP contribution in [0.1, 0.15) is 12.0 Å². The molecule has 1 N–H and O–H groups in total. The van der Waals surface area contributed by atoms with E-state index < -0.39 is 11.9 Å². The molecule has 2 rings (SSSR count). The number of carboxylic acid groups (broad SMARTS) is 1. The first-order valence-electron chi connectivity index (χ1n) is 6.72. The first-order valence-corrected chi connectivity index (χ1v) is 6.72. The first kappa shape index (κ1) is 15.0. The third kappa shape index (κ3) is 3.39. The minimum atomic E-state index is -1.06. The molecule has 1 fully saturated rings. The van der Waals surface area contributed by atoms with Crippen molar-refractivity contribution in [1.29, 1.82) is 0 Å². The lowest BCUT2D eigenvalue weighted by Crippen LogP contribution is -2.37. The Morgan fingerprint density at radius 2 is 1.95 bits per heavy atom. The fraction of sp³-hybridized carbons (Fsp3) is 0.400. The molecule has 0 spiro atoms. The van der Waals surface area contributed by atoms with Gasteiger partial charge in [0, 0.05) is 25.7 Å². The van der Waals surface area contributed by atoms with E-state index in [9.17, 15) is 14.4 Å². The smallest absolute Gasteiger partial charge is 0.323 e. The van der Waals surface area contributed by atoms with E-state index in [0.717, 1.165) is 16.2 Å². The number of likely N-dealkylation sites (N-methyl/N-ethyl adjacent to an activating group) is 1. The van der Waals surface area contributed by atoms with Crippen LogP contribution in [0.4, 0.5) is 5.69 Å². The van der Waals surface area contributed by atoms with Crippen molar-refractivity contribution in [2.75, 3.05) is 25.0 Å². The van der Waals surface area contributed by atoms with E-state index >= 15 is 0 Å². The Kier molecular flexibility index (Phi) is 4.26. The van der Waals surface area contributed by atoms with Gasteiger partial charge in [0.15, 0.2) is 0 Å². The van der Waals surface area contributed by atoms with Crippen molar-refractivity contribution in [3.05, 3.63) is 29.8 Å². The van der Waals surface area contributed by atoms with E-state index in [0.29, 0.717) is 6.54 Å². The molecule has 1 aromatic rings. The molecule has 1 atom stereocenters. The van der Waals surface area contributed by atoms with Crippen molar-refractivity contribution >= 4 is 23.5 Å². The van der Waals surface area contributed by atoms with Crippen LogP contribution in [0.5, 0.6) is 0 Å². The number of amides is 2. The molecule has 1 unspecified atom stereocenters. The second-order valence-electron chi connectivity index (χ2n) is 5.33. The van der Waals surface area contributed by atoms with Crippen LogP contribution in [0.3, 0.4) is 0 Å². The SMILES string of the molecule is Cc1ccc(N2CC(C(=O)N(C)CC(=O)O)CC2=O)cc1. The molecule has 0 saturated carbocycles. The number of aryl methyl sites for hydroxylation is 1. The summed E-state index contributed by atoms with van der Waals surface area (Å²) in [6.45, 7) is 1.90. The van der Waals surface area contributed by atoms with Gasteiger partial charge in [-0.25, -0.2) is 0 Å². The van der Waals surface area contributed by atoms with Gasteiger partial charge in [-0.2, -0.15) is 0 Å². The third-order valence-electron chi connectivity index (χ3n) is 3.57. The number of carbonyl (C=O) groups is 3. The van der Waals surface area contributed by atoms with Gasteiger partial charge in [0.1, 0.15) is 6.54 Å². The maximum Gasteiger partial charge on any atom is 0.323 e. The zero-order chi connectivity index (χ0) is 15.6. The van der Waals surface area contributed by atoms with Crippen molar-refractivity contribution in [3.63, 3.8) is 0 Å². The number of nitrogens with zero attached hydrogens (tertiary/aromatic N) is 2. The van der Waals surface area contributed by atoms with Crippen LogP contribution < -0.4 is 4.90 Å². The van der Waals surface area contributed by atoms with Crippen molar-refractivity contribution < 1.29 is 19.5 Å². The summed E-state index contributed by atoms with van der Waals surface area (Å²) in [5, 5.41) is 8.71. The Hall–Kier alpha value is -2.37. The molecule has 1 aromatic carbocycles. The number of hydrogen-bond donors (Lipinski definition) is 1. The lowest BCUT2D eigenvalue weighted by Gasteiger charge is -2.20. The van der Waals surface area contributed by atoms with Crippen LogP contribution in [0.25, 0.3) is 0 Å². The van der Waals surface area contributed by atoms with Crippen LogP contribution in [-0.4, -0.2) is 47.9 Å². The Balaban J connectivity index is 2.07. The van der Waals surface area contributed by atoms with E-state index in [-0.39, 0.29) is 24.8 Å². The molecule has 1 heterocycles. The number of benzene rings is 1. The molecule has 21 heavy (non-hydrogen) atoms. The second kappa shape index (κ2) is 5.95. The molecular weight excluding hydrogens is 272 g/mol. The van der Waals surface area contributed by atoms with Crippen LogP contribution in [0.2, 0.25) is 0 Å². The average Bonchev–Trinajstić information content (AvgIpc) is 2.80. The van der Waals surface area contributed by atoms with E-state index in [2.05, 4.69) is 0 Å². The normalized spacial score (nSPS) is 17.9. The van der Waals surface area contributed by atoms with Gasteiger partial charge in [-0.05, 0) is 19.1 Å². The summed E-state index contributed by atoms with van der Waals surface area (Å²) in [6, 6.07) is 7.52. The Morgan fingerprint density at radius 3 is 2.52 bits per heavy atom. The molecular formula is C15H18N2O4. The number of rotatable bonds is 4. The van der Waals surface area contributed by atoms with Gasteiger partial charge < -0.3 is 14.9 Å². The first-order chi connectivity index (χ1) is 9.88. The summed E-state index contributed by atoms with van der Waals surface area (Å²) in [5.41, 5.74) is 1.86. The van der Waals surface area contributed by atoms with Gasteiger partial charge in [-0.1, -0.05) is 17.7 Å². The maximum absolute atomic E-state index is 12.1. The summed E-state index contributed by atoms with van der Waals surface area (Å²) in [5.74, 6) is -1.96. The predicted molar refractivity (Wildman–Crippen MR) is 76.9 cm³/mol. The number of aliphatic carboxylic acids is 1. The molecule has 0 aromatic heterocycles. The van der Waals surface area contributed by atoms with Crippen molar-refractivity contribution in [1.82, 2.24) is 4.90 Å². The monoisotopic (exact) mass is 290 g/mol. The fourth-order valence-electron chi connectivity index (χ4n) is 2.44. The van der Waals surface area contributed by atoms with E-state index in [1.54, 1.807) is 4.90 Å². The highest BCUT2D eigenvalue weighted by atomic mass is 16.4. The van der Waals surface area contributed by atoms with Crippen molar-refractivity contribution in [2.24, 2.45) is 5.92 Å². The molecule has 0 radical (unpaired) electrons. The lowest BCUT2D eigenvalue weighted by molar-refractivity contribution is -0.145. The molecule has 6 nitrogen and oxygen atoms in total. The van der Waals surface area contributed by atoms with Gasteiger partial charge in [0.2, 0.25) is 11.8 Å². The highest BCUT2D eigenvalue weighted by molar-refractivity contribution is 6.00. The summed E-state index contributed by atoms with van der Waals surface area (Å²) < 4.78 is 0. The zero-order valence-corrected chi connectivity index (χ0v) is 12.1. The van der Waals surface area contributed by atoms with Gasteiger partial charge >= 0.3 is 5.97 Å². The van der Waals surface area contributed by atoms with Gasteiger partial charge in [0.25, 0.3) is 0 Å². The largest absolute Gasteiger partial charge is 0.480 e. The van der Waals surface area contributed by atoms with E-state index in [1.807, 2.05) is 31.2 Å². The standard InChI is InChI=1S/C15H18N2O4/c1-10-3-5-12(6-4-10)17-8-11(7-13(17)18)15(21)16(2)9-14(19)20/h3-6,11H,7-9H2,1-2H3,(H,19,20). The number of anilines is 1. The Bertz CT molecular complexity index is 568. The zero-order valence-electron chi connectivity index (χ0n) is 12.1. The minimum Gasteiger partial charge on any atom is -0.480 e. The highest BCUT2D eigenvalue weighted by Crippen LogP contribution is 2.26. The van der Waals surface area contributed by atoms with Crippen molar-refractivity contribution in [3.8, 4) is 0 Å². The summed E-state index contributed by atoms with van der Waals surface area (Å²) in [7, 11) is 1.44. The molecule has 1 aliphatic heterocycles. The minimum absolute atomic E-state index is 0.110. The number of carboxylic acids is 1. The van der Waals surface area contributed by atoms with Crippen LogP contribution in [0, 0.1) is 12.8 Å². The molecule has 1 aliphatic rings. The quantitative estimate of drug-likeness (QED) is 0.893. The Morgan fingerprint density at radius 1 is 1.33 bits per heavy atom. The average molecular weight is 290 g/mol. The molecule has 112 valence electrons. The number of carbonyl (C=O) groups excluding carboxylic acids is 2. The summed E-state index contributed by atoms with van der Waals surface area (Å²) in [4.78, 5) is 37.6. The molecule has 0 aliphatic carbocycles. The van der Waals surface area contributed by atoms with Gasteiger partial charge in [-0.15, -0.1) is 0 Å². The van der Waals surface area contributed by atoms with E-state index in [4.69, 9.17) is 5.11 Å². The number of hydrogen-bond acceptors (Lipinski definition) is 3. The predicted octanol–water partition coefficient (Wildman–Crippen LogP) is 0.891. The van der Waals surface area contributed by atoms with Crippen molar-refractivity contribution in [2.45, 2.75) is 13.3 Å². The molecule has 1 saturated heterocycles. The lowest BCUT2D eigenvalue weighted by atomic mass is 10.1. The summed E-state index contributed by atoms with van der Waals surface area (Å²) in [6.07, 6.45) is 0.122. The maximum atomic E-state index is 12.1. The van der Waals surface area contributed by atoms with Crippen LogP contribution >= 0.6 is 0 Å². The van der Waals surface area contributed by atoms with E-state index in [1.165, 1.54) is 7.05 Å². The third-order valence-corrected chi connectivity index (χ3v) is 3.57. The molecule has 0 bridgehead atoms.